The highest BCUT2D eigenvalue weighted by Gasteiger charge is 2.20. The molecule has 0 N–H and O–H groups in total. The lowest BCUT2D eigenvalue weighted by atomic mass is 9.91. The molecule has 0 radical (unpaired) electrons. The van der Waals surface area contributed by atoms with Gasteiger partial charge in [-0.2, -0.15) is 0 Å². The number of ether oxygens (including phenoxy) is 1. The van der Waals surface area contributed by atoms with Crippen molar-refractivity contribution in [3.05, 3.63) is 64.9 Å². The number of benzene rings is 2. The van der Waals surface area contributed by atoms with Gasteiger partial charge in [0.2, 0.25) is 0 Å². The van der Waals surface area contributed by atoms with Gasteiger partial charge in [-0.1, -0.05) is 42.5 Å². The van der Waals surface area contributed by atoms with Crippen molar-refractivity contribution < 1.29 is 4.74 Å². The van der Waals surface area contributed by atoms with Crippen LogP contribution in [0.3, 0.4) is 0 Å². The minimum atomic E-state index is 1.07. The molecule has 1 aliphatic carbocycles. The van der Waals surface area contributed by atoms with Crippen LogP contribution in [0.1, 0.15) is 36.0 Å². The molecule has 0 saturated heterocycles. The molecule has 0 aliphatic heterocycles. The molecule has 0 amide bonds. The molecule has 1 nitrogen and oxygen atoms in total. The van der Waals surface area contributed by atoms with E-state index in [0.29, 0.717) is 0 Å². The molecule has 108 valence electrons. The first-order valence-corrected chi connectivity index (χ1v) is 7.63. The maximum absolute atomic E-state index is 5.58. The molecule has 2 aromatic rings. The largest absolute Gasteiger partial charge is 0.501 e. The highest BCUT2D eigenvalue weighted by Crippen LogP contribution is 2.38. The van der Waals surface area contributed by atoms with Gasteiger partial charge in [0.25, 0.3) is 0 Å². The summed E-state index contributed by atoms with van der Waals surface area (Å²) in [4.78, 5) is 0. The van der Waals surface area contributed by atoms with Crippen LogP contribution < -0.4 is 0 Å². The number of rotatable bonds is 3. The Morgan fingerprint density at radius 2 is 1.52 bits per heavy atom. The van der Waals surface area contributed by atoms with Crippen LogP contribution >= 0.6 is 0 Å². The maximum atomic E-state index is 5.58. The third-order valence-electron chi connectivity index (χ3n) is 4.36. The normalized spacial score (nSPS) is 14.6. The standard InChI is InChI=1S/C20H22O/c1-14-12-17(16-8-5-4-6-9-16)13-15(2)20(14)18-10-7-11-19(18)21-3/h4-6,8-9,12-13H,7,10-11H2,1-3H3. The zero-order valence-electron chi connectivity index (χ0n) is 13.1. The summed E-state index contributed by atoms with van der Waals surface area (Å²) in [6.45, 7) is 4.43. The highest BCUT2D eigenvalue weighted by molar-refractivity contribution is 5.77. The molecule has 0 fully saturated rings. The lowest BCUT2D eigenvalue weighted by molar-refractivity contribution is 0.284. The van der Waals surface area contributed by atoms with Crippen LogP contribution in [0, 0.1) is 13.8 Å². The molecular formula is C20H22O. The highest BCUT2D eigenvalue weighted by atomic mass is 16.5. The van der Waals surface area contributed by atoms with Crippen LogP contribution in [-0.4, -0.2) is 7.11 Å². The lowest BCUT2D eigenvalue weighted by Gasteiger charge is -2.15. The Balaban J connectivity index is 2.10. The summed E-state index contributed by atoms with van der Waals surface area (Å²) < 4.78 is 5.58. The molecule has 3 rings (SSSR count). The van der Waals surface area contributed by atoms with E-state index in [1.165, 1.54) is 45.6 Å². The van der Waals surface area contributed by atoms with Crippen molar-refractivity contribution >= 4 is 5.57 Å². The van der Waals surface area contributed by atoms with Crippen molar-refractivity contribution in [3.8, 4) is 11.1 Å². The van der Waals surface area contributed by atoms with Crippen LogP contribution in [0.25, 0.3) is 16.7 Å². The van der Waals surface area contributed by atoms with Crippen molar-refractivity contribution in [2.24, 2.45) is 0 Å². The molecular weight excluding hydrogens is 256 g/mol. The topological polar surface area (TPSA) is 9.23 Å². The van der Waals surface area contributed by atoms with Crippen molar-refractivity contribution in [3.63, 3.8) is 0 Å². The van der Waals surface area contributed by atoms with Crippen molar-refractivity contribution in [1.82, 2.24) is 0 Å². The van der Waals surface area contributed by atoms with Crippen LogP contribution in [0.2, 0.25) is 0 Å². The molecule has 2 aromatic carbocycles. The van der Waals surface area contributed by atoms with E-state index in [2.05, 4.69) is 56.3 Å². The van der Waals surface area contributed by atoms with E-state index in [0.717, 1.165) is 12.8 Å². The van der Waals surface area contributed by atoms with E-state index in [1.54, 1.807) is 7.11 Å². The molecule has 1 heteroatoms. The second kappa shape index (κ2) is 5.77. The number of hydrogen-bond donors (Lipinski definition) is 0. The number of aryl methyl sites for hydroxylation is 2. The summed E-state index contributed by atoms with van der Waals surface area (Å²) in [6.07, 6.45) is 3.42. The Morgan fingerprint density at radius 3 is 2.14 bits per heavy atom. The van der Waals surface area contributed by atoms with Gasteiger partial charge in [0.05, 0.1) is 12.9 Å². The zero-order chi connectivity index (χ0) is 14.8. The Labute approximate surface area is 127 Å². The third-order valence-corrected chi connectivity index (χ3v) is 4.36. The average Bonchev–Trinajstić information content (AvgIpc) is 2.95. The zero-order valence-corrected chi connectivity index (χ0v) is 13.1. The van der Waals surface area contributed by atoms with Gasteiger partial charge in [0.15, 0.2) is 0 Å². The minimum Gasteiger partial charge on any atom is -0.501 e. The summed E-state index contributed by atoms with van der Waals surface area (Å²) in [5, 5.41) is 0. The van der Waals surface area contributed by atoms with E-state index in [1.807, 2.05) is 0 Å². The van der Waals surface area contributed by atoms with E-state index in [9.17, 15) is 0 Å². The molecule has 0 bridgehead atoms. The van der Waals surface area contributed by atoms with Gasteiger partial charge in [0, 0.05) is 6.42 Å². The molecule has 0 aromatic heterocycles. The average molecular weight is 278 g/mol. The summed E-state index contributed by atoms with van der Waals surface area (Å²) in [7, 11) is 1.80. The van der Waals surface area contributed by atoms with E-state index < -0.39 is 0 Å². The molecule has 0 unspecified atom stereocenters. The van der Waals surface area contributed by atoms with Crippen LogP contribution in [0.15, 0.2) is 48.2 Å². The number of hydrogen-bond acceptors (Lipinski definition) is 1. The van der Waals surface area contributed by atoms with Crippen molar-refractivity contribution in [2.75, 3.05) is 7.11 Å². The third kappa shape index (κ3) is 2.61. The SMILES string of the molecule is COC1=C(c2c(C)cc(-c3ccccc3)cc2C)CCC1. The fourth-order valence-electron chi connectivity index (χ4n) is 3.44. The maximum Gasteiger partial charge on any atom is 0.0993 e. The first-order valence-electron chi connectivity index (χ1n) is 7.63. The second-order valence-corrected chi connectivity index (χ2v) is 5.81. The summed E-state index contributed by atoms with van der Waals surface area (Å²) >= 11 is 0. The number of methoxy groups -OCH3 is 1. The molecule has 0 atom stereocenters. The summed E-state index contributed by atoms with van der Waals surface area (Å²) in [5.41, 5.74) is 8.08. The van der Waals surface area contributed by atoms with Gasteiger partial charge in [-0.3, -0.25) is 0 Å². The van der Waals surface area contributed by atoms with Gasteiger partial charge in [-0.05, 0) is 60.1 Å². The fraction of sp³-hybridized carbons (Fsp3) is 0.300. The molecule has 21 heavy (non-hydrogen) atoms. The molecule has 0 saturated carbocycles. The fourth-order valence-corrected chi connectivity index (χ4v) is 3.44. The quantitative estimate of drug-likeness (QED) is 0.719. The van der Waals surface area contributed by atoms with Crippen molar-refractivity contribution in [1.29, 1.82) is 0 Å². The van der Waals surface area contributed by atoms with Gasteiger partial charge < -0.3 is 4.74 Å². The Bertz CT molecular complexity index is 657. The molecule has 0 heterocycles. The Hall–Kier alpha value is -2.02. The van der Waals surface area contributed by atoms with Gasteiger partial charge in [-0.15, -0.1) is 0 Å². The van der Waals surface area contributed by atoms with E-state index in [-0.39, 0.29) is 0 Å². The predicted molar refractivity (Wildman–Crippen MR) is 89.1 cm³/mol. The van der Waals surface area contributed by atoms with Crippen LogP contribution in [0.4, 0.5) is 0 Å². The Morgan fingerprint density at radius 1 is 0.857 bits per heavy atom. The lowest BCUT2D eigenvalue weighted by Crippen LogP contribution is -1.96. The van der Waals surface area contributed by atoms with Gasteiger partial charge in [0.1, 0.15) is 0 Å². The Kier molecular flexibility index (Phi) is 3.83. The summed E-state index contributed by atoms with van der Waals surface area (Å²) in [6, 6.07) is 15.2. The van der Waals surface area contributed by atoms with Crippen LogP contribution in [0.5, 0.6) is 0 Å². The summed E-state index contributed by atoms with van der Waals surface area (Å²) in [5.74, 6) is 1.17. The first-order chi connectivity index (χ1) is 10.2. The number of allylic oxidation sites excluding steroid dienone is 2. The molecule has 0 spiro atoms. The van der Waals surface area contributed by atoms with Crippen LogP contribution in [-0.2, 0) is 4.74 Å². The molecule has 1 aliphatic rings. The van der Waals surface area contributed by atoms with E-state index in [4.69, 9.17) is 4.74 Å². The van der Waals surface area contributed by atoms with E-state index >= 15 is 0 Å². The predicted octanol–water partition coefficient (Wildman–Crippen LogP) is 5.51. The van der Waals surface area contributed by atoms with Gasteiger partial charge in [-0.25, -0.2) is 0 Å². The second-order valence-electron chi connectivity index (χ2n) is 5.81. The van der Waals surface area contributed by atoms with Gasteiger partial charge >= 0.3 is 0 Å². The van der Waals surface area contributed by atoms with Crippen molar-refractivity contribution in [2.45, 2.75) is 33.1 Å². The smallest absolute Gasteiger partial charge is 0.0993 e. The first kappa shape index (κ1) is 13.9. The monoisotopic (exact) mass is 278 g/mol. The minimum absolute atomic E-state index is 1.07.